The molecule has 0 aliphatic carbocycles. The lowest BCUT2D eigenvalue weighted by molar-refractivity contribution is -0.274. The van der Waals surface area contributed by atoms with Gasteiger partial charge >= 0.3 is 6.36 Å². The number of benzene rings is 2. The minimum Gasteiger partial charge on any atom is -0.497 e. The average Bonchev–Trinajstić information content (AvgIpc) is 2.61. The molecule has 0 aliphatic heterocycles. The van der Waals surface area contributed by atoms with E-state index in [9.17, 15) is 22.8 Å². The topological polar surface area (TPSA) is 67.9 Å². The van der Waals surface area contributed by atoms with E-state index in [-0.39, 0.29) is 12.1 Å². The third-order valence-corrected chi connectivity index (χ3v) is 3.44. The van der Waals surface area contributed by atoms with Gasteiger partial charge in [-0.25, -0.2) is 0 Å². The second-order valence-electron chi connectivity index (χ2n) is 5.51. The van der Waals surface area contributed by atoms with Gasteiger partial charge in [-0.15, -0.1) is 13.2 Å². The second kappa shape index (κ2) is 8.43. The van der Waals surface area contributed by atoms with Crippen molar-refractivity contribution in [2.75, 3.05) is 26.0 Å². The molecule has 6 nitrogen and oxygen atoms in total. The maximum absolute atomic E-state index is 12.3. The molecule has 0 bridgehead atoms. The predicted molar refractivity (Wildman–Crippen MR) is 91.7 cm³/mol. The number of carbonyl (C=O) groups excluding carboxylic acids is 2. The molecule has 0 saturated heterocycles. The molecule has 9 heteroatoms. The smallest absolute Gasteiger partial charge is 0.497 e. The molecule has 0 aliphatic rings. The highest BCUT2D eigenvalue weighted by molar-refractivity contribution is 5.99. The number of ether oxygens (including phenoxy) is 2. The first kappa shape index (κ1) is 20.1. The summed E-state index contributed by atoms with van der Waals surface area (Å²) < 4.78 is 45.2. The van der Waals surface area contributed by atoms with Crippen molar-refractivity contribution in [1.82, 2.24) is 4.90 Å². The van der Waals surface area contributed by atoms with Gasteiger partial charge in [0.2, 0.25) is 5.91 Å². The summed E-state index contributed by atoms with van der Waals surface area (Å²) in [6, 6.07) is 11.1. The average molecular weight is 382 g/mol. The zero-order chi connectivity index (χ0) is 20.0. The Kier molecular flexibility index (Phi) is 6.27. The van der Waals surface area contributed by atoms with Crippen LogP contribution in [0, 0.1) is 0 Å². The quantitative estimate of drug-likeness (QED) is 0.833. The summed E-state index contributed by atoms with van der Waals surface area (Å²) in [5, 5.41) is 2.63. The van der Waals surface area contributed by atoms with Gasteiger partial charge in [0, 0.05) is 18.3 Å². The summed E-state index contributed by atoms with van der Waals surface area (Å²) in [6.07, 6.45) is -4.80. The normalized spacial score (nSPS) is 10.9. The van der Waals surface area contributed by atoms with Crippen LogP contribution in [0.2, 0.25) is 0 Å². The van der Waals surface area contributed by atoms with E-state index in [1.165, 1.54) is 26.3 Å². The Morgan fingerprint density at radius 3 is 2.07 bits per heavy atom. The van der Waals surface area contributed by atoms with E-state index in [1.807, 2.05) is 0 Å². The molecule has 0 spiro atoms. The van der Waals surface area contributed by atoms with Crippen LogP contribution in [-0.4, -0.2) is 43.8 Å². The largest absolute Gasteiger partial charge is 0.573 e. The first-order valence-electron chi connectivity index (χ1n) is 7.73. The summed E-state index contributed by atoms with van der Waals surface area (Å²) in [5.74, 6) is -0.733. The van der Waals surface area contributed by atoms with Gasteiger partial charge < -0.3 is 19.7 Å². The van der Waals surface area contributed by atoms with Gasteiger partial charge in [-0.1, -0.05) is 0 Å². The van der Waals surface area contributed by atoms with Crippen molar-refractivity contribution in [2.24, 2.45) is 0 Å². The van der Waals surface area contributed by atoms with Crippen LogP contribution in [0.4, 0.5) is 18.9 Å². The molecule has 0 saturated carbocycles. The fraction of sp³-hybridized carbons (Fsp3) is 0.222. The van der Waals surface area contributed by atoms with Gasteiger partial charge in [0.15, 0.2) is 0 Å². The van der Waals surface area contributed by atoms with Gasteiger partial charge in [-0.2, -0.15) is 0 Å². The van der Waals surface area contributed by atoms with E-state index in [0.29, 0.717) is 11.4 Å². The van der Waals surface area contributed by atoms with Crippen molar-refractivity contribution >= 4 is 17.5 Å². The Labute approximate surface area is 153 Å². The van der Waals surface area contributed by atoms with Crippen LogP contribution in [0.15, 0.2) is 48.5 Å². The molecule has 0 atom stereocenters. The summed E-state index contributed by atoms with van der Waals surface area (Å²) in [4.78, 5) is 25.5. The van der Waals surface area contributed by atoms with Crippen LogP contribution in [0.25, 0.3) is 0 Å². The number of amides is 2. The lowest BCUT2D eigenvalue weighted by Crippen LogP contribution is -2.34. The second-order valence-corrected chi connectivity index (χ2v) is 5.51. The van der Waals surface area contributed by atoms with E-state index in [1.54, 1.807) is 24.3 Å². The fourth-order valence-electron chi connectivity index (χ4n) is 2.18. The number of nitrogens with one attached hydrogen (secondary N) is 1. The number of hydrogen-bond acceptors (Lipinski definition) is 4. The van der Waals surface area contributed by atoms with Crippen molar-refractivity contribution in [1.29, 1.82) is 0 Å². The summed E-state index contributed by atoms with van der Waals surface area (Å²) in [7, 11) is 2.94. The van der Waals surface area contributed by atoms with E-state index < -0.39 is 23.9 Å². The van der Waals surface area contributed by atoms with Crippen molar-refractivity contribution in [3.63, 3.8) is 0 Å². The summed E-state index contributed by atoms with van der Waals surface area (Å²) in [5.41, 5.74) is 0.666. The molecule has 0 aromatic heterocycles. The molecule has 2 aromatic carbocycles. The van der Waals surface area contributed by atoms with Gasteiger partial charge in [-0.05, 0) is 48.5 Å². The Morgan fingerprint density at radius 2 is 1.56 bits per heavy atom. The Hall–Kier alpha value is -3.23. The van der Waals surface area contributed by atoms with E-state index in [2.05, 4.69) is 10.1 Å². The van der Waals surface area contributed by atoms with E-state index >= 15 is 0 Å². The highest BCUT2D eigenvalue weighted by Crippen LogP contribution is 2.23. The molecular weight excluding hydrogens is 365 g/mol. The third-order valence-electron chi connectivity index (χ3n) is 3.44. The molecule has 27 heavy (non-hydrogen) atoms. The van der Waals surface area contributed by atoms with Crippen LogP contribution in [0.5, 0.6) is 11.5 Å². The number of likely N-dealkylation sites (N-methyl/N-ethyl adjacent to an activating group) is 1. The van der Waals surface area contributed by atoms with Crippen LogP contribution < -0.4 is 14.8 Å². The molecule has 0 heterocycles. The maximum atomic E-state index is 12.3. The fourth-order valence-corrected chi connectivity index (χ4v) is 2.18. The van der Waals surface area contributed by atoms with Crippen LogP contribution in [0.1, 0.15) is 10.4 Å². The van der Waals surface area contributed by atoms with Crippen molar-refractivity contribution in [3.8, 4) is 11.5 Å². The molecule has 0 radical (unpaired) electrons. The molecule has 1 N–H and O–H groups in total. The first-order valence-corrected chi connectivity index (χ1v) is 7.73. The number of rotatable bonds is 6. The number of methoxy groups -OCH3 is 1. The highest BCUT2D eigenvalue weighted by atomic mass is 19.4. The van der Waals surface area contributed by atoms with Crippen LogP contribution in [-0.2, 0) is 4.79 Å². The lowest BCUT2D eigenvalue weighted by atomic mass is 10.2. The lowest BCUT2D eigenvalue weighted by Gasteiger charge is -2.17. The van der Waals surface area contributed by atoms with Crippen molar-refractivity contribution in [2.45, 2.75) is 6.36 Å². The number of alkyl halides is 3. The molecular formula is C18H17F3N2O4. The number of halogens is 3. The van der Waals surface area contributed by atoms with E-state index in [0.717, 1.165) is 17.0 Å². The van der Waals surface area contributed by atoms with Crippen molar-refractivity contribution in [3.05, 3.63) is 54.1 Å². The minimum atomic E-state index is -4.80. The van der Waals surface area contributed by atoms with Gasteiger partial charge in [-0.3, -0.25) is 9.59 Å². The standard InChI is InChI=1S/C18H17F3N2O4/c1-23(11-16(24)22-13-5-9-14(26-2)10-6-13)17(25)12-3-7-15(8-4-12)27-18(19,20)21/h3-10H,11H2,1-2H3,(H,22,24). The van der Waals surface area contributed by atoms with Gasteiger partial charge in [0.25, 0.3) is 5.91 Å². The molecule has 0 unspecified atom stereocenters. The SMILES string of the molecule is COc1ccc(NC(=O)CN(C)C(=O)c2ccc(OC(F)(F)F)cc2)cc1. The first-order chi connectivity index (χ1) is 12.7. The Bertz CT molecular complexity index is 790. The van der Waals surface area contributed by atoms with Gasteiger partial charge in [0.05, 0.1) is 13.7 Å². The van der Waals surface area contributed by atoms with Crippen LogP contribution >= 0.6 is 0 Å². The predicted octanol–water partition coefficient (Wildman–Crippen LogP) is 3.30. The minimum absolute atomic E-state index is 0.129. The Balaban J connectivity index is 1.92. The zero-order valence-corrected chi connectivity index (χ0v) is 14.5. The summed E-state index contributed by atoms with van der Waals surface area (Å²) >= 11 is 0. The van der Waals surface area contributed by atoms with Crippen LogP contribution in [0.3, 0.4) is 0 Å². The molecule has 2 amide bonds. The highest BCUT2D eigenvalue weighted by Gasteiger charge is 2.31. The summed E-state index contributed by atoms with van der Waals surface area (Å²) in [6.45, 7) is -0.230. The molecule has 0 fully saturated rings. The third kappa shape index (κ3) is 6.21. The Morgan fingerprint density at radius 1 is 1.00 bits per heavy atom. The molecule has 2 rings (SSSR count). The van der Waals surface area contributed by atoms with Gasteiger partial charge in [0.1, 0.15) is 11.5 Å². The number of hydrogen-bond donors (Lipinski definition) is 1. The monoisotopic (exact) mass is 382 g/mol. The van der Waals surface area contributed by atoms with Crippen molar-refractivity contribution < 1.29 is 32.2 Å². The molecule has 2 aromatic rings. The number of carbonyl (C=O) groups is 2. The van der Waals surface area contributed by atoms with E-state index in [4.69, 9.17) is 4.74 Å². The molecule has 144 valence electrons. The number of anilines is 1. The zero-order valence-electron chi connectivity index (χ0n) is 14.5. The maximum Gasteiger partial charge on any atom is 0.573 e. The number of nitrogens with zero attached hydrogens (tertiary/aromatic N) is 1.